The highest BCUT2D eigenvalue weighted by Crippen LogP contribution is 2.12. The second kappa shape index (κ2) is 14.0. The van der Waals surface area contributed by atoms with Gasteiger partial charge in [-0.25, -0.2) is 0 Å². The van der Waals surface area contributed by atoms with Gasteiger partial charge in [0.15, 0.2) is 0 Å². The monoisotopic (exact) mass is 224 g/mol. The molecule has 1 heteroatoms. The van der Waals surface area contributed by atoms with Crippen molar-refractivity contribution in [2.75, 3.05) is 7.11 Å². The third kappa shape index (κ3) is 8.34. The van der Waals surface area contributed by atoms with Crippen molar-refractivity contribution in [3.63, 3.8) is 0 Å². The summed E-state index contributed by atoms with van der Waals surface area (Å²) in [5.74, 6) is 0.940. The van der Waals surface area contributed by atoms with Crippen LogP contribution in [0.1, 0.15) is 53.0 Å². The van der Waals surface area contributed by atoms with Gasteiger partial charge < -0.3 is 4.74 Å². The van der Waals surface area contributed by atoms with Gasteiger partial charge in [0.1, 0.15) is 5.75 Å². The van der Waals surface area contributed by atoms with Crippen LogP contribution >= 0.6 is 0 Å². The summed E-state index contributed by atoms with van der Waals surface area (Å²) < 4.78 is 5.07. The lowest BCUT2D eigenvalue weighted by molar-refractivity contribution is 0.414. The number of benzene rings is 1. The maximum atomic E-state index is 5.07. The molecule has 1 aromatic rings. The number of rotatable bonds is 4. The Labute approximate surface area is 102 Å². The average molecular weight is 224 g/mol. The number of methoxy groups -OCH3 is 1. The third-order valence-corrected chi connectivity index (χ3v) is 1.98. The highest BCUT2D eigenvalue weighted by atomic mass is 16.5. The Kier molecular flexibility index (Phi) is 15.3. The molecule has 16 heavy (non-hydrogen) atoms. The summed E-state index contributed by atoms with van der Waals surface area (Å²) in [4.78, 5) is 0. The quantitative estimate of drug-likeness (QED) is 0.692. The number of aryl methyl sites for hydroxylation is 1. The minimum absolute atomic E-state index is 0.940. The predicted octanol–water partition coefficient (Wildman–Crippen LogP) is 5.09. The van der Waals surface area contributed by atoms with E-state index in [0.717, 1.165) is 5.75 Å². The molecule has 1 rings (SSSR count). The molecule has 0 saturated carbocycles. The van der Waals surface area contributed by atoms with Crippen molar-refractivity contribution < 1.29 is 4.74 Å². The van der Waals surface area contributed by atoms with E-state index in [1.807, 2.05) is 39.8 Å². The Morgan fingerprint density at radius 2 is 1.44 bits per heavy atom. The van der Waals surface area contributed by atoms with E-state index in [-0.39, 0.29) is 0 Å². The molecule has 0 N–H and O–H groups in total. The first-order valence-electron chi connectivity index (χ1n) is 6.49. The van der Waals surface area contributed by atoms with Crippen LogP contribution in [0.3, 0.4) is 0 Å². The zero-order valence-corrected chi connectivity index (χ0v) is 11.8. The Balaban J connectivity index is 0. The van der Waals surface area contributed by atoms with Gasteiger partial charge in [-0.2, -0.15) is 0 Å². The largest absolute Gasteiger partial charge is 0.497 e. The lowest BCUT2D eigenvalue weighted by Crippen LogP contribution is -1.86. The van der Waals surface area contributed by atoms with E-state index in [1.165, 1.54) is 24.8 Å². The Morgan fingerprint density at radius 3 is 1.81 bits per heavy atom. The fourth-order valence-electron chi connectivity index (χ4n) is 1.17. The molecule has 0 unspecified atom stereocenters. The van der Waals surface area contributed by atoms with E-state index < -0.39 is 0 Å². The highest BCUT2D eigenvalue weighted by molar-refractivity contribution is 5.27. The molecule has 0 aliphatic rings. The van der Waals surface area contributed by atoms with Gasteiger partial charge in [0, 0.05) is 0 Å². The van der Waals surface area contributed by atoms with Crippen molar-refractivity contribution in [3.8, 4) is 5.75 Å². The van der Waals surface area contributed by atoms with Gasteiger partial charge in [-0.05, 0) is 30.5 Å². The highest BCUT2D eigenvalue weighted by Gasteiger charge is 1.92. The Bertz CT molecular complexity index is 213. The van der Waals surface area contributed by atoms with Crippen molar-refractivity contribution in [2.45, 2.75) is 53.9 Å². The van der Waals surface area contributed by atoms with Crippen LogP contribution < -0.4 is 4.74 Å². The molecule has 1 aromatic carbocycles. The van der Waals surface area contributed by atoms with E-state index in [4.69, 9.17) is 4.74 Å². The summed E-state index contributed by atoms with van der Waals surface area (Å²) in [5.41, 5.74) is 1.40. The van der Waals surface area contributed by atoms with E-state index in [0.29, 0.717) is 0 Å². The van der Waals surface area contributed by atoms with Gasteiger partial charge in [-0.3, -0.25) is 0 Å². The summed E-state index contributed by atoms with van der Waals surface area (Å²) in [6.07, 6.45) is 3.71. The number of hydrogen-bond acceptors (Lipinski definition) is 1. The van der Waals surface area contributed by atoms with Crippen LogP contribution in [-0.4, -0.2) is 7.11 Å². The first kappa shape index (κ1) is 17.4. The molecule has 1 nitrogen and oxygen atoms in total. The third-order valence-electron chi connectivity index (χ3n) is 1.98. The molecule has 0 aromatic heterocycles. The van der Waals surface area contributed by atoms with Crippen LogP contribution in [0.4, 0.5) is 0 Å². The molecule has 0 aliphatic carbocycles. The summed E-state index contributed by atoms with van der Waals surface area (Å²) >= 11 is 0. The van der Waals surface area contributed by atoms with Gasteiger partial charge in [0.05, 0.1) is 7.11 Å². The lowest BCUT2D eigenvalue weighted by atomic mass is 10.1. The van der Waals surface area contributed by atoms with Gasteiger partial charge >= 0.3 is 0 Å². The number of unbranched alkanes of at least 4 members (excludes halogenated alkanes) is 1. The van der Waals surface area contributed by atoms with Gasteiger partial charge in [-0.15, -0.1) is 0 Å². The molecule has 0 aliphatic heterocycles. The van der Waals surface area contributed by atoms with Crippen LogP contribution in [0.25, 0.3) is 0 Å². The smallest absolute Gasteiger partial charge is 0.118 e. The molecule has 0 heterocycles. The fourth-order valence-corrected chi connectivity index (χ4v) is 1.17. The normalized spacial score (nSPS) is 8.12. The molecule has 0 spiro atoms. The molecule has 0 bridgehead atoms. The van der Waals surface area contributed by atoms with Gasteiger partial charge in [0.25, 0.3) is 0 Å². The maximum Gasteiger partial charge on any atom is 0.118 e. The summed E-state index contributed by atoms with van der Waals surface area (Å²) in [5, 5.41) is 0. The topological polar surface area (TPSA) is 9.23 Å². The molecule has 0 radical (unpaired) electrons. The van der Waals surface area contributed by atoms with Crippen molar-refractivity contribution in [3.05, 3.63) is 29.8 Å². The Morgan fingerprint density at radius 1 is 0.938 bits per heavy atom. The molecular weight excluding hydrogens is 196 g/mol. The molecule has 0 fully saturated rings. The van der Waals surface area contributed by atoms with Crippen LogP contribution in [0.5, 0.6) is 5.75 Å². The zero-order chi connectivity index (χ0) is 12.8. The minimum Gasteiger partial charge on any atom is -0.497 e. The fraction of sp³-hybridized carbons (Fsp3) is 0.600. The average Bonchev–Trinajstić information content (AvgIpc) is 2.41. The molecule has 0 saturated heterocycles. The van der Waals surface area contributed by atoms with Crippen LogP contribution in [-0.2, 0) is 6.42 Å². The standard InChI is InChI=1S/C11H16O.2C2H6/c1-3-4-5-10-6-8-11(12-2)9-7-10;2*1-2/h6-9H,3-5H2,1-2H3;2*1-2H3. The molecule has 0 amide bonds. The lowest BCUT2D eigenvalue weighted by Gasteiger charge is -2.01. The molecule has 0 atom stereocenters. The summed E-state index contributed by atoms with van der Waals surface area (Å²) in [7, 11) is 1.70. The van der Waals surface area contributed by atoms with E-state index in [9.17, 15) is 0 Å². The predicted molar refractivity (Wildman–Crippen MR) is 74.3 cm³/mol. The summed E-state index contributed by atoms with van der Waals surface area (Å²) in [6.45, 7) is 10.2. The van der Waals surface area contributed by atoms with Crippen molar-refractivity contribution in [1.29, 1.82) is 0 Å². The Hall–Kier alpha value is -0.980. The summed E-state index contributed by atoms with van der Waals surface area (Å²) in [6, 6.07) is 8.30. The second-order valence-corrected chi connectivity index (χ2v) is 2.95. The zero-order valence-electron chi connectivity index (χ0n) is 11.8. The van der Waals surface area contributed by atoms with E-state index in [2.05, 4.69) is 19.1 Å². The first-order chi connectivity index (χ1) is 7.86. The van der Waals surface area contributed by atoms with Crippen molar-refractivity contribution in [1.82, 2.24) is 0 Å². The minimum atomic E-state index is 0.940. The number of ether oxygens (including phenoxy) is 1. The molecule has 94 valence electrons. The number of hydrogen-bond donors (Lipinski definition) is 0. The van der Waals surface area contributed by atoms with Gasteiger partial charge in [0.2, 0.25) is 0 Å². The SMILES string of the molecule is CC.CC.CCCCc1ccc(OC)cc1. The van der Waals surface area contributed by atoms with E-state index >= 15 is 0 Å². The van der Waals surface area contributed by atoms with Crippen LogP contribution in [0.15, 0.2) is 24.3 Å². The van der Waals surface area contributed by atoms with Crippen LogP contribution in [0.2, 0.25) is 0 Å². The van der Waals surface area contributed by atoms with Crippen LogP contribution in [0, 0.1) is 0 Å². The van der Waals surface area contributed by atoms with Crippen molar-refractivity contribution >= 4 is 0 Å². The van der Waals surface area contributed by atoms with Gasteiger partial charge in [-0.1, -0.05) is 53.2 Å². The second-order valence-electron chi connectivity index (χ2n) is 2.95. The first-order valence-corrected chi connectivity index (χ1v) is 6.49. The van der Waals surface area contributed by atoms with Crippen molar-refractivity contribution in [2.24, 2.45) is 0 Å². The van der Waals surface area contributed by atoms with E-state index in [1.54, 1.807) is 7.11 Å². The molecular formula is C15H28O. The maximum absolute atomic E-state index is 5.07.